The molecule has 2 amide bonds. The molecule has 0 atom stereocenters. The first kappa shape index (κ1) is 17.2. The molecule has 0 spiro atoms. The van der Waals surface area contributed by atoms with Crippen molar-refractivity contribution in [2.45, 2.75) is 26.4 Å². The van der Waals surface area contributed by atoms with Gasteiger partial charge in [-0.3, -0.25) is 19.3 Å². The molecule has 5 nitrogen and oxygen atoms in total. The fourth-order valence-electron chi connectivity index (χ4n) is 1.85. The zero-order chi connectivity index (χ0) is 17.2. The van der Waals surface area contributed by atoms with E-state index >= 15 is 0 Å². The molecule has 7 heteroatoms. The highest BCUT2D eigenvalue weighted by Gasteiger charge is 2.37. The molecule has 0 radical (unpaired) electrons. The maximum atomic E-state index is 12.9. The highest BCUT2D eigenvalue weighted by Crippen LogP contribution is 2.32. The van der Waals surface area contributed by atoms with Crippen LogP contribution in [-0.2, 0) is 14.3 Å². The van der Waals surface area contributed by atoms with Crippen LogP contribution in [0.5, 0.6) is 0 Å². The highest BCUT2D eigenvalue weighted by molar-refractivity contribution is 8.18. The first-order valence-corrected chi connectivity index (χ1v) is 7.70. The van der Waals surface area contributed by atoms with E-state index in [-0.39, 0.29) is 10.7 Å². The highest BCUT2D eigenvalue weighted by atomic mass is 32.2. The van der Waals surface area contributed by atoms with Crippen LogP contribution in [0.2, 0.25) is 0 Å². The molecule has 2 rings (SSSR count). The number of hydrogen-bond donors (Lipinski definition) is 0. The molecule has 1 aromatic carbocycles. The summed E-state index contributed by atoms with van der Waals surface area (Å²) in [6.07, 6.45) is 1.49. The van der Waals surface area contributed by atoms with Crippen molar-refractivity contribution in [2.24, 2.45) is 0 Å². The molecule has 1 heterocycles. The van der Waals surface area contributed by atoms with E-state index in [2.05, 4.69) is 0 Å². The Morgan fingerprint density at radius 3 is 2.43 bits per heavy atom. The van der Waals surface area contributed by atoms with E-state index in [1.807, 2.05) is 0 Å². The Kier molecular flexibility index (Phi) is 4.89. The van der Waals surface area contributed by atoms with E-state index in [9.17, 15) is 18.8 Å². The van der Waals surface area contributed by atoms with Crippen LogP contribution in [0.4, 0.5) is 9.18 Å². The third-order valence-corrected chi connectivity index (χ3v) is 3.66. The minimum Gasteiger partial charge on any atom is -0.459 e. The fourth-order valence-corrected chi connectivity index (χ4v) is 2.69. The second kappa shape index (κ2) is 6.54. The molecule has 1 aliphatic rings. The van der Waals surface area contributed by atoms with E-state index in [1.54, 1.807) is 20.8 Å². The van der Waals surface area contributed by atoms with Gasteiger partial charge in [-0.05, 0) is 56.3 Å². The maximum Gasteiger partial charge on any atom is 0.326 e. The van der Waals surface area contributed by atoms with E-state index in [4.69, 9.17) is 4.74 Å². The lowest BCUT2D eigenvalue weighted by molar-refractivity contribution is -0.156. The average molecular weight is 337 g/mol. The molecule has 0 aromatic heterocycles. The molecule has 122 valence electrons. The van der Waals surface area contributed by atoms with Crippen LogP contribution in [0, 0.1) is 5.82 Å². The quantitative estimate of drug-likeness (QED) is 0.626. The van der Waals surface area contributed by atoms with Gasteiger partial charge in [0.2, 0.25) is 0 Å². The second-order valence-corrected chi connectivity index (χ2v) is 6.90. The van der Waals surface area contributed by atoms with Crippen molar-refractivity contribution in [3.05, 3.63) is 40.6 Å². The Morgan fingerprint density at radius 2 is 1.87 bits per heavy atom. The summed E-state index contributed by atoms with van der Waals surface area (Å²) in [7, 11) is 0. The molecule has 0 bridgehead atoms. The first-order valence-electron chi connectivity index (χ1n) is 6.88. The summed E-state index contributed by atoms with van der Waals surface area (Å²) in [5.41, 5.74) is -0.0998. The van der Waals surface area contributed by atoms with Crippen LogP contribution in [0.3, 0.4) is 0 Å². The summed E-state index contributed by atoms with van der Waals surface area (Å²) in [5, 5.41) is -0.533. The Hall–Kier alpha value is -2.15. The molecule has 0 saturated carbocycles. The summed E-state index contributed by atoms with van der Waals surface area (Å²) >= 11 is 0.738. The van der Waals surface area contributed by atoms with Gasteiger partial charge in [0, 0.05) is 0 Å². The minimum absolute atomic E-state index is 0.185. The van der Waals surface area contributed by atoms with Gasteiger partial charge in [0.05, 0.1) is 4.91 Å². The monoisotopic (exact) mass is 337 g/mol. The van der Waals surface area contributed by atoms with Crippen LogP contribution < -0.4 is 0 Å². The van der Waals surface area contributed by atoms with Gasteiger partial charge in [-0.2, -0.15) is 0 Å². The van der Waals surface area contributed by atoms with Gasteiger partial charge in [0.1, 0.15) is 18.0 Å². The predicted octanol–water partition coefficient (Wildman–Crippen LogP) is 3.20. The van der Waals surface area contributed by atoms with Crippen molar-refractivity contribution < 1.29 is 23.5 Å². The molecule has 1 aromatic rings. The van der Waals surface area contributed by atoms with Gasteiger partial charge in [0.25, 0.3) is 11.1 Å². The molecule has 0 N–H and O–H groups in total. The number of imide groups is 1. The van der Waals surface area contributed by atoms with Gasteiger partial charge in [-0.15, -0.1) is 0 Å². The van der Waals surface area contributed by atoms with Gasteiger partial charge >= 0.3 is 5.97 Å². The van der Waals surface area contributed by atoms with Gasteiger partial charge in [-0.1, -0.05) is 12.1 Å². The predicted molar refractivity (Wildman–Crippen MR) is 84.9 cm³/mol. The Balaban J connectivity index is 2.10. The lowest BCUT2D eigenvalue weighted by Crippen LogP contribution is -2.37. The van der Waals surface area contributed by atoms with Crippen LogP contribution >= 0.6 is 11.8 Å². The summed E-state index contributed by atoms with van der Waals surface area (Å²) < 4.78 is 18.0. The number of carbonyl (C=O) groups is 3. The standard InChI is InChI=1S/C16H16FNO4S/c1-16(2,3)22-13(19)9-18-14(20)12(23-15(18)21)8-10-4-6-11(17)7-5-10/h4-8H,9H2,1-3H3. The topological polar surface area (TPSA) is 63.7 Å². The maximum absolute atomic E-state index is 12.9. The lowest BCUT2D eigenvalue weighted by atomic mass is 10.2. The summed E-state index contributed by atoms with van der Waals surface area (Å²) in [6, 6.07) is 5.52. The zero-order valence-electron chi connectivity index (χ0n) is 13.0. The Morgan fingerprint density at radius 1 is 1.26 bits per heavy atom. The minimum atomic E-state index is -0.692. The molecule has 1 aliphatic heterocycles. The first-order chi connectivity index (χ1) is 10.7. The third kappa shape index (κ3) is 4.66. The molecular formula is C16H16FNO4S. The number of rotatable bonds is 3. The number of hydrogen-bond acceptors (Lipinski definition) is 5. The molecule has 1 saturated heterocycles. The molecule has 1 fully saturated rings. The van der Waals surface area contributed by atoms with Crippen molar-refractivity contribution in [1.29, 1.82) is 0 Å². The molecule has 0 aliphatic carbocycles. The van der Waals surface area contributed by atoms with E-state index in [0.29, 0.717) is 5.56 Å². The number of amides is 2. The van der Waals surface area contributed by atoms with Crippen molar-refractivity contribution >= 4 is 35.0 Å². The summed E-state index contributed by atoms with van der Waals surface area (Å²) in [5.74, 6) is -1.60. The normalized spacial score (nSPS) is 17.0. The Bertz CT molecular complexity index is 676. The van der Waals surface area contributed by atoms with Crippen LogP contribution in [0.25, 0.3) is 6.08 Å². The van der Waals surface area contributed by atoms with E-state index in [1.165, 1.54) is 30.3 Å². The van der Waals surface area contributed by atoms with Crippen LogP contribution in [-0.4, -0.2) is 34.2 Å². The number of nitrogens with zero attached hydrogens (tertiary/aromatic N) is 1. The average Bonchev–Trinajstić information content (AvgIpc) is 2.67. The van der Waals surface area contributed by atoms with Crippen molar-refractivity contribution in [2.75, 3.05) is 6.54 Å². The number of thioether (sulfide) groups is 1. The SMILES string of the molecule is CC(C)(C)OC(=O)CN1C(=O)SC(=Cc2ccc(F)cc2)C1=O. The smallest absolute Gasteiger partial charge is 0.326 e. The van der Waals surface area contributed by atoms with Crippen molar-refractivity contribution in [3.8, 4) is 0 Å². The van der Waals surface area contributed by atoms with Crippen LogP contribution in [0.1, 0.15) is 26.3 Å². The van der Waals surface area contributed by atoms with Gasteiger partial charge in [0.15, 0.2) is 0 Å². The third-order valence-electron chi connectivity index (χ3n) is 2.75. The largest absolute Gasteiger partial charge is 0.459 e. The van der Waals surface area contributed by atoms with Gasteiger partial charge in [-0.25, -0.2) is 4.39 Å². The van der Waals surface area contributed by atoms with E-state index in [0.717, 1.165) is 16.7 Å². The second-order valence-electron chi connectivity index (χ2n) is 5.91. The molecular weight excluding hydrogens is 321 g/mol. The zero-order valence-corrected chi connectivity index (χ0v) is 13.8. The number of ether oxygens (including phenoxy) is 1. The summed E-state index contributed by atoms with van der Waals surface area (Å²) in [6.45, 7) is 4.68. The number of halogens is 1. The summed E-state index contributed by atoms with van der Waals surface area (Å²) in [4.78, 5) is 36.9. The molecule has 0 unspecified atom stereocenters. The number of carbonyl (C=O) groups excluding carboxylic acids is 3. The Labute approximate surface area is 137 Å². The van der Waals surface area contributed by atoms with Gasteiger partial charge < -0.3 is 4.74 Å². The lowest BCUT2D eigenvalue weighted by Gasteiger charge is -2.21. The van der Waals surface area contributed by atoms with E-state index < -0.39 is 29.3 Å². The number of esters is 1. The van der Waals surface area contributed by atoms with Crippen molar-refractivity contribution in [1.82, 2.24) is 4.90 Å². The molecule has 23 heavy (non-hydrogen) atoms. The fraction of sp³-hybridized carbons (Fsp3) is 0.312. The van der Waals surface area contributed by atoms with Crippen molar-refractivity contribution in [3.63, 3.8) is 0 Å². The number of benzene rings is 1. The van der Waals surface area contributed by atoms with Crippen LogP contribution in [0.15, 0.2) is 29.2 Å².